The summed E-state index contributed by atoms with van der Waals surface area (Å²) in [4.78, 5) is 13.6. The van der Waals surface area contributed by atoms with Crippen molar-refractivity contribution in [2.75, 3.05) is 13.7 Å². The lowest BCUT2D eigenvalue weighted by atomic mass is 9.97. The Bertz CT molecular complexity index is 1400. The van der Waals surface area contributed by atoms with Crippen LogP contribution in [0.2, 0.25) is 0 Å². The highest BCUT2D eigenvalue weighted by Gasteiger charge is 2.51. The van der Waals surface area contributed by atoms with E-state index in [-0.39, 0.29) is 17.1 Å². The lowest BCUT2D eigenvalue weighted by Gasteiger charge is -2.16. The number of aryl methyl sites for hydroxylation is 1. The molecule has 1 fully saturated rings. The number of ether oxygens (including phenoxy) is 3. The van der Waals surface area contributed by atoms with Crippen molar-refractivity contribution >= 4 is 32.6 Å². The van der Waals surface area contributed by atoms with Crippen LogP contribution in [0.3, 0.4) is 0 Å². The Kier molecular flexibility index (Phi) is 3.21. The van der Waals surface area contributed by atoms with Gasteiger partial charge < -0.3 is 18.8 Å². The van der Waals surface area contributed by atoms with Crippen molar-refractivity contribution in [3.05, 3.63) is 58.3 Å². The Morgan fingerprint density at radius 2 is 1.90 bits per heavy atom. The van der Waals surface area contributed by atoms with Gasteiger partial charge in [0.2, 0.25) is 5.43 Å². The number of methoxy groups -OCH3 is 1. The van der Waals surface area contributed by atoms with Crippen molar-refractivity contribution in [2.24, 2.45) is 7.05 Å². The van der Waals surface area contributed by atoms with Crippen LogP contribution in [0, 0.1) is 0 Å². The van der Waals surface area contributed by atoms with E-state index in [9.17, 15) is 4.79 Å². The third-order valence-electron chi connectivity index (χ3n) is 6.52. The van der Waals surface area contributed by atoms with Crippen LogP contribution in [0.1, 0.15) is 12.5 Å². The van der Waals surface area contributed by atoms with E-state index in [0.29, 0.717) is 23.1 Å². The van der Waals surface area contributed by atoms with E-state index in [0.717, 1.165) is 39.5 Å². The Morgan fingerprint density at radius 3 is 2.59 bits per heavy atom. The number of nitrogens with zero attached hydrogens (tertiary/aromatic N) is 1. The standard InChI is InChI=1S/C24H21NO4/c1-24(12-28-24)20-10-16-18(29-20)11-19(27-3)21-22(16)25(2)17-9-14-7-5-4-6-13(14)8-15(17)23(21)26/h4-9,11,20H,10,12H2,1-3H3/t20-,24+/m1/s1. The zero-order chi connectivity index (χ0) is 19.9. The van der Waals surface area contributed by atoms with Crippen LogP contribution in [-0.4, -0.2) is 30.0 Å². The van der Waals surface area contributed by atoms with Gasteiger partial charge in [0.05, 0.1) is 30.1 Å². The van der Waals surface area contributed by atoms with E-state index >= 15 is 0 Å². The van der Waals surface area contributed by atoms with Crippen LogP contribution in [0.5, 0.6) is 11.5 Å². The summed E-state index contributed by atoms with van der Waals surface area (Å²) in [5.74, 6) is 1.34. The summed E-state index contributed by atoms with van der Waals surface area (Å²) in [6.07, 6.45) is 0.675. The Balaban J connectivity index is 1.74. The number of hydrogen-bond donors (Lipinski definition) is 0. The number of epoxide rings is 1. The Hall–Kier alpha value is -3.05. The molecule has 2 aliphatic rings. The van der Waals surface area contributed by atoms with Gasteiger partial charge in [-0.1, -0.05) is 24.3 Å². The molecule has 4 aromatic rings. The van der Waals surface area contributed by atoms with Gasteiger partial charge in [-0.3, -0.25) is 4.79 Å². The first-order chi connectivity index (χ1) is 14.0. The van der Waals surface area contributed by atoms with E-state index in [4.69, 9.17) is 14.2 Å². The highest BCUT2D eigenvalue weighted by Crippen LogP contribution is 2.45. The molecule has 0 radical (unpaired) electrons. The van der Waals surface area contributed by atoms with Crippen molar-refractivity contribution in [3.8, 4) is 11.5 Å². The molecule has 1 aromatic heterocycles. The molecule has 0 unspecified atom stereocenters. The second-order valence-electron chi connectivity index (χ2n) is 8.30. The Morgan fingerprint density at radius 1 is 1.17 bits per heavy atom. The van der Waals surface area contributed by atoms with Gasteiger partial charge in [-0.05, 0) is 29.8 Å². The SMILES string of the molecule is COc1cc2c(c3c1c(=O)c1cc4ccccc4cc1n3C)C[C@H]([C@]1(C)CO1)O2. The van der Waals surface area contributed by atoms with Gasteiger partial charge in [0, 0.05) is 30.5 Å². The zero-order valence-electron chi connectivity index (χ0n) is 16.6. The predicted octanol–water partition coefficient (Wildman–Crippen LogP) is 3.95. The maximum absolute atomic E-state index is 13.6. The molecule has 2 atom stereocenters. The van der Waals surface area contributed by atoms with E-state index in [2.05, 4.69) is 23.6 Å². The predicted molar refractivity (Wildman–Crippen MR) is 113 cm³/mol. The molecule has 5 nitrogen and oxygen atoms in total. The first-order valence-corrected chi connectivity index (χ1v) is 9.86. The van der Waals surface area contributed by atoms with Crippen molar-refractivity contribution in [2.45, 2.75) is 25.0 Å². The molecular formula is C24H21NO4. The normalized spacial score (nSPS) is 22.8. The summed E-state index contributed by atoms with van der Waals surface area (Å²) in [7, 11) is 3.62. The number of pyridine rings is 1. The van der Waals surface area contributed by atoms with E-state index in [1.54, 1.807) is 7.11 Å². The third kappa shape index (κ3) is 2.22. The molecule has 1 saturated heterocycles. The van der Waals surface area contributed by atoms with Gasteiger partial charge in [0.1, 0.15) is 23.2 Å². The minimum absolute atomic E-state index is 0.00385. The lowest BCUT2D eigenvalue weighted by molar-refractivity contribution is 0.127. The molecule has 146 valence electrons. The van der Waals surface area contributed by atoms with E-state index in [1.165, 1.54) is 0 Å². The summed E-state index contributed by atoms with van der Waals surface area (Å²) in [6, 6.07) is 14.1. The molecule has 0 amide bonds. The van der Waals surface area contributed by atoms with Crippen molar-refractivity contribution in [1.82, 2.24) is 4.57 Å². The summed E-state index contributed by atoms with van der Waals surface area (Å²) in [6.45, 7) is 2.78. The molecule has 0 spiro atoms. The number of fused-ring (bicyclic) bond motifs is 5. The Labute approximate surface area is 167 Å². The number of aromatic nitrogens is 1. The maximum Gasteiger partial charge on any atom is 0.201 e. The zero-order valence-corrected chi connectivity index (χ0v) is 16.6. The molecule has 0 N–H and O–H groups in total. The fourth-order valence-corrected chi connectivity index (χ4v) is 4.68. The van der Waals surface area contributed by atoms with Gasteiger partial charge in [0.25, 0.3) is 0 Å². The molecule has 6 rings (SSSR count). The van der Waals surface area contributed by atoms with Crippen LogP contribution in [0.4, 0.5) is 0 Å². The summed E-state index contributed by atoms with van der Waals surface area (Å²) in [5.41, 5.74) is 2.60. The summed E-state index contributed by atoms with van der Waals surface area (Å²) in [5, 5.41) is 3.48. The highest BCUT2D eigenvalue weighted by molar-refractivity contribution is 6.04. The molecule has 3 heterocycles. The van der Waals surface area contributed by atoms with Crippen molar-refractivity contribution in [3.63, 3.8) is 0 Å². The number of hydrogen-bond acceptors (Lipinski definition) is 4. The summed E-state index contributed by atoms with van der Waals surface area (Å²) >= 11 is 0. The maximum atomic E-state index is 13.6. The van der Waals surface area contributed by atoms with Gasteiger partial charge >= 0.3 is 0 Å². The topological polar surface area (TPSA) is 53.0 Å². The van der Waals surface area contributed by atoms with E-state index < -0.39 is 0 Å². The molecule has 0 bridgehead atoms. The van der Waals surface area contributed by atoms with Crippen LogP contribution >= 0.6 is 0 Å². The van der Waals surface area contributed by atoms with Crippen LogP contribution < -0.4 is 14.9 Å². The van der Waals surface area contributed by atoms with Gasteiger partial charge in [-0.2, -0.15) is 0 Å². The lowest BCUT2D eigenvalue weighted by Crippen LogP contribution is -2.30. The first kappa shape index (κ1) is 16.9. The minimum Gasteiger partial charge on any atom is -0.496 e. The molecule has 0 saturated carbocycles. The van der Waals surface area contributed by atoms with Crippen LogP contribution in [-0.2, 0) is 18.2 Å². The average Bonchev–Trinajstić information content (AvgIpc) is 3.33. The monoisotopic (exact) mass is 387 g/mol. The highest BCUT2D eigenvalue weighted by atomic mass is 16.6. The van der Waals surface area contributed by atoms with E-state index in [1.807, 2.05) is 37.4 Å². The van der Waals surface area contributed by atoms with Crippen molar-refractivity contribution < 1.29 is 14.2 Å². The first-order valence-electron chi connectivity index (χ1n) is 9.86. The molecule has 3 aromatic carbocycles. The fourth-order valence-electron chi connectivity index (χ4n) is 4.68. The second kappa shape index (κ2) is 5.51. The third-order valence-corrected chi connectivity index (χ3v) is 6.52. The van der Waals surface area contributed by atoms with Crippen LogP contribution in [0.25, 0.3) is 32.6 Å². The molecule has 29 heavy (non-hydrogen) atoms. The van der Waals surface area contributed by atoms with Crippen molar-refractivity contribution in [1.29, 1.82) is 0 Å². The van der Waals surface area contributed by atoms with Gasteiger partial charge in [-0.25, -0.2) is 0 Å². The van der Waals surface area contributed by atoms with Crippen LogP contribution in [0.15, 0.2) is 47.3 Å². The van der Waals surface area contributed by atoms with Gasteiger partial charge in [-0.15, -0.1) is 0 Å². The minimum atomic E-state index is -0.246. The number of benzene rings is 3. The molecule has 5 heteroatoms. The molecule has 0 aliphatic carbocycles. The number of rotatable bonds is 2. The molecular weight excluding hydrogens is 366 g/mol. The largest absolute Gasteiger partial charge is 0.496 e. The quantitative estimate of drug-likeness (QED) is 0.386. The molecule has 2 aliphatic heterocycles. The average molecular weight is 387 g/mol. The smallest absolute Gasteiger partial charge is 0.201 e. The summed E-state index contributed by atoms with van der Waals surface area (Å²) < 4.78 is 19.6. The second-order valence-corrected chi connectivity index (χ2v) is 8.30. The van der Waals surface area contributed by atoms with Gasteiger partial charge in [0.15, 0.2) is 0 Å². The fraction of sp³-hybridized carbons (Fsp3) is 0.292.